The summed E-state index contributed by atoms with van der Waals surface area (Å²) in [5.74, 6) is 0. The van der Waals surface area contributed by atoms with E-state index in [0.29, 0.717) is 6.54 Å². The lowest BCUT2D eigenvalue weighted by Crippen LogP contribution is -2.14. The Hall–Kier alpha value is -1.03. The maximum atomic E-state index is 6.09. The van der Waals surface area contributed by atoms with Crippen molar-refractivity contribution in [3.05, 3.63) is 36.0 Å². The number of aromatic nitrogens is 1. The van der Waals surface area contributed by atoms with Gasteiger partial charge >= 0.3 is 0 Å². The van der Waals surface area contributed by atoms with Crippen molar-refractivity contribution in [3.63, 3.8) is 0 Å². The monoisotopic (exact) mass is 239 g/mol. The SMILES string of the molecule is Cl.Cn1cc([C@@H](N)CCN)c2ccccc21. The quantitative estimate of drug-likeness (QED) is 0.860. The van der Waals surface area contributed by atoms with E-state index in [-0.39, 0.29) is 18.4 Å². The predicted octanol–water partition coefficient (Wildman–Crippen LogP) is 1.95. The first-order valence-electron chi connectivity index (χ1n) is 5.23. The zero-order valence-corrected chi connectivity index (χ0v) is 10.2. The van der Waals surface area contributed by atoms with E-state index in [1.807, 2.05) is 19.2 Å². The largest absolute Gasteiger partial charge is 0.350 e. The van der Waals surface area contributed by atoms with Crippen LogP contribution in [0.2, 0.25) is 0 Å². The van der Waals surface area contributed by atoms with Crippen LogP contribution in [-0.2, 0) is 7.05 Å². The van der Waals surface area contributed by atoms with Crippen molar-refractivity contribution in [2.24, 2.45) is 18.5 Å². The van der Waals surface area contributed by atoms with Crippen molar-refractivity contribution in [1.29, 1.82) is 0 Å². The molecule has 0 unspecified atom stereocenters. The molecule has 0 aliphatic heterocycles. The molecule has 0 bridgehead atoms. The zero-order chi connectivity index (χ0) is 10.8. The first kappa shape index (κ1) is 13.0. The van der Waals surface area contributed by atoms with Gasteiger partial charge in [-0.15, -0.1) is 12.4 Å². The third kappa shape index (κ3) is 2.21. The number of aryl methyl sites for hydroxylation is 1. The molecule has 16 heavy (non-hydrogen) atoms. The molecule has 88 valence electrons. The Morgan fingerprint density at radius 1 is 1.31 bits per heavy atom. The van der Waals surface area contributed by atoms with Crippen LogP contribution in [-0.4, -0.2) is 11.1 Å². The number of nitrogens with zero attached hydrogens (tertiary/aromatic N) is 1. The second-order valence-corrected chi connectivity index (χ2v) is 3.90. The molecule has 1 atom stereocenters. The van der Waals surface area contributed by atoms with Gasteiger partial charge in [0.05, 0.1) is 0 Å². The van der Waals surface area contributed by atoms with Gasteiger partial charge in [-0.05, 0) is 24.6 Å². The molecular formula is C12H18ClN3. The van der Waals surface area contributed by atoms with E-state index in [1.165, 1.54) is 16.5 Å². The molecule has 0 spiro atoms. The van der Waals surface area contributed by atoms with Crippen molar-refractivity contribution in [1.82, 2.24) is 4.57 Å². The van der Waals surface area contributed by atoms with Crippen molar-refractivity contribution in [3.8, 4) is 0 Å². The minimum atomic E-state index is 0. The minimum absolute atomic E-state index is 0. The van der Waals surface area contributed by atoms with Gasteiger partial charge in [0.15, 0.2) is 0 Å². The van der Waals surface area contributed by atoms with Crippen molar-refractivity contribution in [2.45, 2.75) is 12.5 Å². The molecule has 4 N–H and O–H groups in total. The summed E-state index contributed by atoms with van der Waals surface area (Å²) in [4.78, 5) is 0. The highest BCUT2D eigenvalue weighted by Gasteiger charge is 2.11. The summed E-state index contributed by atoms with van der Waals surface area (Å²) in [6.07, 6.45) is 2.93. The molecule has 0 amide bonds. The van der Waals surface area contributed by atoms with Gasteiger partial charge in [-0.25, -0.2) is 0 Å². The first-order valence-corrected chi connectivity index (χ1v) is 5.23. The van der Waals surface area contributed by atoms with Crippen LogP contribution in [0.4, 0.5) is 0 Å². The molecule has 2 rings (SSSR count). The van der Waals surface area contributed by atoms with Crippen LogP contribution in [0.15, 0.2) is 30.5 Å². The summed E-state index contributed by atoms with van der Waals surface area (Å²) >= 11 is 0. The predicted molar refractivity (Wildman–Crippen MR) is 70.8 cm³/mol. The average molecular weight is 240 g/mol. The lowest BCUT2D eigenvalue weighted by Gasteiger charge is -2.08. The Morgan fingerprint density at radius 2 is 2.00 bits per heavy atom. The molecule has 0 saturated carbocycles. The average Bonchev–Trinajstić information content (AvgIpc) is 2.58. The highest BCUT2D eigenvalue weighted by atomic mass is 35.5. The number of nitrogens with two attached hydrogens (primary N) is 2. The molecular weight excluding hydrogens is 222 g/mol. The number of hydrogen-bond donors (Lipinski definition) is 2. The minimum Gasteiger partial charge on any atom is -0.350 e. The maximum Gasteiger partial charge on any atom is 0.0481 e. The number of para-hydroxylation sites is 1. The highest BCUT2D eigenvalue weighted by molar-refractivity contribution is 5.85. The topological polar surface area (TPSA) is 57.0 Å². The van der Waals surface area contributed by atoms with E-state index in [4.69, 9.17) is 11.5 Å². The van der Waals surface area contributed by atoms with Crippen LogP contribution >= 0.6 is 12.4 Å². The Morgan fingerprint density at radius 3 is 2.69 bits per heavy atom. The van der Waals surface area contributed by atoms with Crippen LogP contribution in [0.5, 0.6) is 0 Å². The smallest absolute Gasteiger partial charge is 0.0481 e. The van der Waals surface area contributed by atoms with Gasteiger partial charge in [0, 0.05) is 30.2 Å². The Labute approximate surface area is 102 Å². The summed E-state index contributed by atoms with van der Waals surface area (Å²) in [5.41, 5.74) is 14.0. The normalized spacial score (nSPS) is 12.4. The summed E-state index contributed by atoms with van der Waals surface area (Å²) in [6.45, 7) is 0.629. The number of fused-ring (bicyclic) bond motifs is 1. The van der Waals surface area contributed by atoms with Crippen LogP contribution in [0.1, 0.15) is 18.0 Å². The number of benzene rings is 1. The molecule has 0 aliphatic carbocycles. The summed E-state index contributed by atoms with van der Waals surface area (Å²) in [5, 5.41) is 1.24. The molecule has 0 fully saturated rings. The van der Waals surface area contributed by atoms with Crippen LogP contribution in [0.3, 0.4) is 0 Å². The van der Waals surface area contributed by atoms with Crippen molar-refractivity contribution >= 4 is 23.3 Å². The lowest BCUT2D eigenvalue weighted by molar-refractivity contribution is 0.663. The van der Waals surface area contributed by atoms with E-state index in [9.17, 15) is 0 Å². The molecule has 2 aromatic rings. The van der Waals surface area contributed by atoms with Crippen molar-refractivity contribution in [2.75, 3.05) is 6.54 Å². The second-order valence-electron chi connectivity index (χ2n) is 3.90. The molecule has 0 aliphatic rings. The summed E-state index contributed by atoms with van der Waals surface area (Å²) < 4.78 is 2.11. The van der Waals surface area contributed by atoms with E-state index < -0.39 is 0 Å². The Balaban J connectivity index is 0.00000128. The fraction of sp³-hybridized carbons (Fsp3) is 0.333. The van der Waals surface area contributed by atoms with E-state index in [1.54, 1.807) is 0 Å². The van der Waals surface area contributed by atoms with E-state index in [2.05, 4.69) is 22.9 Å². The van der Waals surface area contributed by atoms with E-state index in [0.717, 1.165) is 6.42 Å². The number of hydrogen-bond acceptors (Lipinski definition) is 2. The van der Waals surface area contributed by atoms with Crippen LogP contribution < -0.4 is 11.5 Å². The van der Waals surface area contributed by atoms with Gasteiger partial charge in [0.1, 0.15) is 0 Å². The Kier molecular flexibility index (Phi) is 4.35. The summed E-state index contributed by atoms with van der Waals surface area (Å²) in [7, 11) is 2.04. The van der Waals surface area contributed by atoms with Crippen molar-refractivity contribution < 1.29 is 0 Å². The van der Waals surface area contributed by atoms with E-state index >= 15 is 0 Å². The maximum absolute atomic E-state index is 6.09. The van der Waals surface area contributed by atoms with Crippen LogP contribution in [0, 0.1) is 0 Å². The number of halogens is 1. The molecule has 0 saturated heterocycles. The second kappa shape index (κ2) is 5.34. The van der Waals surface area contributed by atoms with Gasteiger partial charge in [-0.3, -0.25) is 0 Å². The highest BCUT2D eigenvalue weighted by Crippen LogP contribution is 2.25. The molecule has 0 radical (unpaired) electrons. The van der Waals surface area contributed by atoms with Gasteiger partial charge in [-0.2, -0.15) is 0 Å². The third-order valence-electron chi connectivity index (χ3n) is 2.80. The molecule has 1 aromatic heterocycles. The third-order valence-corrected chi connectivity index (χ3v) is 2.80. The standard InChI is InChI=1S/C12H17N3.ClH/c1-15-8-10(11(14)6-7-13)9-4-2-3-5-12(9)15;/h2-5,8,11H,6-7,13-14H2,1H3;1H/t11-;/m0./s1. The van der Waals surface area contributed by atoms with Gasteiger partial charge < -0.3 is 16.0 Å². The number of rotatable bonds is 3. The fourth-order valence-electron chi connectivity index (χ4n) is 2.00. The van der Waals surface area contributed by atoms with Gasteiger partial charge in [0.2, 0.25) is 0 Å². The lowest BCUT2D eigenvalue weighted by atomic mass is 10.0. The summed E-state index contributed by atoms with van der Waals surface area (Å²) in [6, 6.07) is 8.34. The first-order chi connectivity index (χ1) is 7.24. The van der Waals surface area contributed by atoms with Gasteiger partial charge in [-0.1, -0.05) is 18.2 Å². The molecule has 4 heteroatoms. The zero-order valence-electron chi connectivity index (χ0n) is 9.39. The Bertz CT molecular complexity index is 464. The fourth-order valence-corrected chi connectivity index (χ4v) is 2.00. The van der Waals surface area contributed by atoms with Gasteiger partial charge in [0.25, 0.3) is 0 Å². The molecule has 1 heterocycles. The molecule has 1 aromatic carbocycles. The molecule has 3 nitrogen and oxygen atoms in total. The van der Waals surface area contributed by atoms with Crippen LogP contribution in [0.25, 0.3) is 10.9 Å².